The Morgan fingerprint density at radius 2 is 1.73 bits per heavy atom. The van der Waals surface area contributed by atoms with Crippen LogP contribution in [0.3, 0.4) is 0 Å². The summed E-state index contributed by atoms with van der Waals surface area (Å²) in [7, 11) is 1.73. The lowest BCUT2D eigenvalue weighted by atomic mass is 10.1. The molecule has 0 fully saturated rings. The summed E-state index contributed by atoms with van der Waals surface area (Å²) in [5, 5.41) is 0. The first-order chi connectivity index (χ1) is 5.00. The number of aliphatic imine (C=N–C) groups is 1. The minimum Gasteiger partial charge on any atom is -0.397 e. The Hall–Kier alpha value is -1.05. The summed E-state index contributed by atoms with van der Waals surface area (Å²) in [5.41, 5.74) is 9.38. The average molecular weight is 152 g/mol. The van der Waals surface area contributed by atoms with Gasteiger partial charge in [-0.2, -0.15) is 0 Å². The highest BCUT2D eigenvalue weighted by Gasteiger charge is 2.00. The topological polar surface area (TPSA) is 38.4 Å². The van der Waals surface area contributed by atoms with Gasteiger partial charge < -0.3 is 5.73 Å². The van der Waals surface area contributed by atoms with E-state index in [1.54, 1.807) is 7.05 Å². The molecule has 2 heteroatoms. The van der Waals surface area contributed by atoms with Gasteiger partial charge in [0.25, 0.3) is 0 Å². The second kappa shape index (κ2) is 3.96. The van der Waals surface area contributed by atoms with Crippen LogP contribution < -0.4 is 5.73 Å². The van der Waals surface area contributed by atoms with Crippen molar-refractivity contribution in [1.29, 1.82) is 0 Å². The molecule has 0 saturated carbocycles. The molecule has 0 rings (SSSR count). The highest BCUT2D eigenvalue weighted by atomic mass is 14.7. The zero-order valence-electron chi connectivity index (χ0n) is 7.73. The van der Waals surface area contributed by atoms with Crippen molar-refractivity contribution in [1.82, 2.24) is 0 Å². The van der Waals surface area contributed by atoms with Crippen LogP contribution in [0.2, 0.25) is 0 Å². The third kappa shape index (κ3) is 2.58. The van der Waals surface area contributed by atoms with Crippen LogP contribution >= 0.6 is 0 Å². The molecule has 0 aromatic heterocycles. The predicted molar refractivity (Wildman–Crippen MR) is 50.7 cm³/mol. The molecule has 0 unspecified atom stereocenters. The smallest absolute Gasteiger partial charge is 0.0557 e. The minimum atomic E-state index is 0.736. The lowest BCUT2D eigenvalue weighted by Gasteiger charge is -2.05. The van der Waals surface area contributed by atoms with Gasteiger partial charge in [0.05, 0.1) is 11.4 Å². The SMILES string of the molecule is C=C(C)/C(C)=C(/N)C(C)=NC. The molecular weight excluding hydrogens is 136 g/mol. The number of hydrogen-bond acceptors (Lipinski definition) is 2. The Labute approximate surface area is 68.5 Å². The van der Waals surface area contributed by atoms with Crippen LogP contribution in [0.1, 0.15) is 20.8 Å². The van der Waals surface area contributed by atoms with Gasteiger partial charge in [0.15, 0.2) is 0 Å². The number of hydrogen-bond donors (Lipinski definition) is 1. The average Bonchev–Trinajstić information content (AvgIpc) is 2.00. The fourth-order valence-electron chi connectivity index (χ4n) is 0.622. The van der Waals surface area contributed by atoms with Crippen molar-refractivity contribution in [3.05, 3.63) is 23.4 Å². The molecule has 0 amide bonds. The second-order valence-corrected chi connectivity index (χ2v) is 2.63. The fourth-order valence-corrected chi connectivity index (χ4v) is 0.622. The van der Waals surface area contributed by atoms with Gasteiger partial charge in [-0.15, -0.1) is 0 Å². The van der Waals surface area contributed by atoms with Crippen LogP contribution in [-0.2, 0) is 0 Å². The van der Waals surface area contributed by atoms with E-state index < -0.39 is 0 Å². The van der Waals surface area contributed by atoms with E-state index >= 15 is 0 Å². The largest absolute Gasteiger partial charge is 0.397 e. The maximum atomic E-state index is 5.76. The summed E-state index contributed by atoms with van der Waals surface area (Å²) in [4.78, 5) is 3.98. The van der Waals surface area contributed by atoms with Gasteiger partial charge in [0, 0.05) is 7.05 Å². The van der Waals surface area contributed by atoms with E-state index in [-0.39, 0.29) is 0 Å². The Balaban J connectivity index is 4.81. The van der Waals surface area contributed by atoms with Gasteiger partial charge in [-0.1, -0.05) is 12.2 Å². The maximum Gasteiger partial charge on any atom is 0.0557 e. The van der Waals surface area contributed by atoms with E-state index in [1.165, 1.54) is 0 Å². The van der Waals surface area contributed by atoms with Crippen LogP contribution in [0.15, 0.2) is 28.4 Å². The Morgan fingerprint density at radius 1 is 1.27 bits per heavy atom. The van der Waals surface area contributed by atoms with Crippen molar-refractivity contribution in [2.75, 3.05) is 7.05 Å². The van der Waals surface area contributed by atoms with Crippen LogP contribution in [-0.4, -0.2) is 12.8 Å². The molecule has 0 aromatic rings. The summed E-state index contributed by atoms with van der Waals surface area (Å²) in [6.45, 7) is 9.58. The van der Waals surface area contributed by atoms with Gasteiger partial charge in [0.2, 0.25) is 0 Å². The van der Waals surface area contributed by atoms with E-state index in [2.05, 4.69) is 11.6 Å². The third-order valence-electron chi connectivity index (χ3n) is 1.77. The van der Waals surface area contributed by atoms with E-state index in [1.807, 2.05) is 20.8 Å². The maximum absolute atomic E-state index is 5.76. The minimum absolute atomic E-state index is 0.736. The Kier molecular flexibility index (Phi) is 3.58. The molecule has 0 spiro atoms. The molecule has 2 nitrogen and oxygen atoms in total. The van der Waals surface area contributed by atoms with Crippen LogP contribution in [0.4, 0.5) is 0 Å². The van der Waals surface area contributed by atoms with Gasteiger partial charge in [-0.25, -0.2) is 0 Å². The highest BCUT2D eigenvalue weighted by molar-refractivity contribution is 5.98. The lowest BCUT2D eigenvalue weighted by Crippen LogP contribution is -2.10. The summed E-state index contributed by atoms with van der Waals surface area (Å²) in [5.74, 6) is 0. The van der Waals surface area contributed by atoms with E-state index in [9.17, 15) is 0 Å². The molecule has 0 aromatic carbocycles. The third-order valence-corrected chi connectivity index (χ3v) is 1.77. The normalized spacial score (nSPS) is 14.4. The number of nitrogens with two attached hydrogens (primary N) is 1. The van der Waals surface area contributed by atoms with Crippen LogP contribution in [0, 0.1) is 0 Å². The van der Waals surface area contributed by atoms with Crippen molar-refractivity contribution >= 4 is 5.71 Å². The zero-order chi connectivity index (χ0) is 9.02. The molecule has 0 radical (unpaired) electrons. The molecule has 0 aliphatic carbocycles. The van der Waals surface area contributed by atoms with Gasteiger partial charge in [-0.3, -0.25) is 4.99 Å². The molecule has 0 aliphatic rings. The van der Waals surface area contributed by atoms with Crippen molar-refractivity contribution < 1.29 is 0 Å². The monoisotopic (exact) mass is 152 g/mol. The quantitative estimate of drug-likeness (QED) is 0.476. The molecule has 0 bridgehead atoms. The molecule has 0 saturated heterocycles. The Morgan fingerprint density at radius 3 is 2.00 bits per heavy atom. The summed E-state index contributed by atoms with van der Waals surface area (Å²) in [6.07, 6.45) is 0. The fraction of sp³-hybridized carbons (Fsp3) is 0.444. The molecule has 0 atom stereocenters. The van der Waals surface area contributed by atoms with E-state index in [4.69, 9.17) is 5.73 Å². The molecule has 2 N–H and O–H groups in total. The molecular formula is C9H16N2. The van der Waals surface area contributed by atoms with Crippen molar-refractivity contribution in [2.24, 2.45) is 10.7 Å². The first kappa shape index (κ1) is 9.95. The molecule has 11 heavy (non-hydrogen) atoms. The van der Waals surface area contributed by atoms with Gasteiger partial charge in [0.1, 0.15) is 0 Å². The molecule has 0 heterocycles. The van der Waals surface area contributed by atoms with Crippen LogP contribution in [0.25, 0.3) is 0 Å². The summed E-state index contributed by atoms with van der Waals surface area (Å²) >= 11 is 0. The molecule has 62 valence electrons. The lowest BCUT2D eigenvalue weighted by molar-refractivity contribution is 1.25. The number of rotatable bonds is 2. The van der Waals surface area contributed by atoms with E-state index in [0.717, 1.165) is 22.6 Å². The van der Waals surface area contributed by atoms with Gasteiger partial charge >= 0.3 is 0 Å². The first-order valence-electron chi connectivity index (χ1n) is 3.56. The summed E-state index contributed by atoms with van der Waals surface area (Å²) in [6, 6.07) is 0. The summed E-state index contributed by atoms with van der Waals surface area (Å²) < 4.78 is 0. The second-order valence-electron chi connectivity index (χ2n) is 2.63. The number of nitrogens with zero attached hydrogens (tertiary/aromatic N) is 1. The van der Waals surface area contributed by atoms with Crippen LogP contribution in [0.5, 0.6) is 0 Å². The standard InChI is InChI=1S/C9H16N2/c1-6(2)7(3)9(10)8(4)11-5/h1,10H2,2-5H3/b9-7+,11-8?. The number of allylic oxidation sites excluding steroid dienone is 3. The Bertz CT molecular complexity index is 222. The highest BCUT2D eigenvalue weighted by Crippen LogP contribution is 2.08. The van der Waals surface area contributed by atoms with Crippen molar-refractivity contribution in [3.8, 4) is 0 Å². The predicted octanol–water partition coefficient (Wildman–Crippen LogP) is 1.89. The van der Waals surface area contributed by atoms with Crippen molar-refractivity contribution in [3.63, 3.8) is 0 Å². The molecule has 0 aliphatic heterocycles. The van der Waals surface area contributed by atoms with Crippen molar-refractivity contribution in [2.45, 2.75) is 20.8 Å². The zero-order valence-corrected chi connectivity index (χ0v) is 7.73. The van der Waals surface area contributed by atoms with Gasteiger partial charge in [-0.05, 0) is 26.3 Å². The van der Waals surface area contributed by atoms with E-state index in [0.29, 0.717) is 0 Å². The first-order valence-corrected chi connectivity index (χ1v) is 3.56.